The Kier molecular flexibility index (Phi) is 4.88. The highest BCUT2D eigenvalue weighted by Gasteiger charge is 2.35. The third-order valence-electron chi connectivity index (χ3n) is 3.32. The Labute approximate surface area is 120 Å². The van der Waals surface area contributed by atoms with Crippen LogP contribution in [0.2, 0.25) is 0 Å². The molecular weight excluding hydrogens is 278 g/mol. The highest BCUT2D eigenvalue weighted by molar-refractivity contribution is 7.92. The minimum atomic E-state index is -2.88. The van der Waals surface area contributed by atoms with Gasteiger partial charge in [-0.25, -0.2) is 8.42 Å². The largest absolute Gasteiger partial charge is 0.493 e. The molecule has 0 spiro atoms. The molecule has 2 rings (SSSR count). The van der Waals surface area contributed by atoms with Crippen LogP contribution in [0.1, 0.15) is 18.4 Å². The van der Waals surface area contributed by atoms with Gasteiger partial charge in [-0.15, -0.1) is 0 Å². The minimum absolute atomic E-state index is 0.0908. The van der Waals surface area contributed by atoms with Crippen molar-refractivity contribution in [2.75, 3.05) is 25.2 Å². The maximum atomic E-state index is 11.2. The molecule has 20 heavy (non-hydrogen) atoms. The number of rotatable bonds is 7. The lowest BCUT2D eigenvalue weighted by Crippen LogP contribution is -2.45. The van der Waals surface area contributed by atoms with Crippen LogP contribution in [0.15, 0.2) is 18.2 Å². The summed E-state index contributed by atoms with van der Waals surface area (Å²) >= 11 is 0. The molecule has 1 aromatic rings. The lowest BCUT2D eigenvalue weighted by molar-refractivity contribution is 0.219. The summed E-state index contributed by atoms with van der Waals surface area (Å²) < 4.78 is 33.3. The van der Waals surface area contributed by atoms with Crippen molar-refractivity contribution in [3.05, 3.63) is 23.8 Å². The summed E-state index contributed by atoms with van der Waals surface area (Å²) in [6.07, 6.45) is 2.69. The standard InChI is InChI=1S/C14H21NO4S/c1-18-13-6-5-11(4-2-3-7-15)8-14(13)19-12-9-20(16,17)10-12/h5-6,8,12H,2-4,7,9-10,15H2,1H3. The average molecular weight is 299 g/mol. The second kappa shape index (κ2) is 6.45. The molecule has 0 bridgehead atoms. The molecule has 2 N–H and O–H groups in total. The predicted octanol–water partition coefficient (Wildman–Crippen LogP) is 1.15. The monoisotopic (exact) mass is 299 g/mol. The smallest absolute Gasteiger partial charge is 0.161 e. The number of ether oxygens (including phenoxy) is 2. The molecule has 0 unspecified atom stereocenters. The van der Waals surface area contributed by atoms with E-state index in [1.165, 1.54) is 0 Å². The van der Waals surface area contributed by atoms with E-state index in [0.29, 0.717) is 18.0 Å². The van der Waals surface area contributed by atoms with Gasteiger partial charge in [-0.3, -0.25) is 0 Å². The number of nitrogens with two attached hydrogens (primary N) is 1. The maximum absolute atomic E-state index is 11.2. The van der Waals surface area contributed by atoms with Crippen molar-refractivity contribution >= 4 is 9.84 Å². The van der Waals surface area contributed by atoms with Crippen LogP contribution in [0, 0.1) is 0 Å². The summed E-state index contributed by atoms with van der Waals surface area (Å²) in [5.74, 6) is 1.44. The fourth-order valence-corrected chi connectivity index (χ4v) is 3.38. The summed E-state index contributed by atoms with van der Waals surface area (Å²) in [5, 5.41) is 0. The fourth-order valence-electron chi connectivity index (χ4n) is 2.21. The van der Waals surface area contributed by atoms with E-state index in [1.54, 1.807) is 7.11 Å². The number of aryl methyl sites for hydroxylation is 1. The molecule has 1 saturated heterocycles. The van der Waals surface area contributed by atoms with Gasteiger partial charge in [-0.2, -0.15) is 0 Å². The lowest BCUT2D eigenvalue weighted by Gasteiger charge is -2.27. The van der Waals surface area contributed by atoms with Crippen LogP contribution in [0.4, 0.5) is 0 Å². The first-order valence-corrected chi connectivity index (χ1v) is 8.60. The van der Waals surface area contributed by atoms with Crippen molar-refractivity contribution in [2.24, 2.45) is 5.73 Å². The summed E-state index contributed by atoms with van der Waals surface area (Å²) in [7, 11) is -1.30. The number of methoxy groups -OCH3 is 1. The first-order valence-electron chi connectivity index (χ1n) is 6.78. The molecule has 0 aromatic heterocycles. The predicted molar refractivity (Wildman–Crippen MR) is 78.1 cm³/mol. The van der Waals surface area contributed by atoms with Gasteiger partial charge >= 0.3 is 0 Å². The Morgan fingerprint density at radius 2 is 2.00 bits per heavy atom. The maximum Gasteiger partial charge on any atom is 0.161 e. The third kappa shape index (κ3) is 3.86. The van der Waals surface area contributed by atoms with Crippen LogP contribution in [-0.4, -0.2) is 39.7 Å². The summed E-state index contributed by atoms with van der Waals surface area (Å²) in [6.45, 7) is 0.694. The molecule has 0 radical (unpaired) electrons. The number of unbranched alkanes of at least 4 members (excludes halogenated alkanes) is 1. The van der Waals surface area contributed by atoms with Crippen molar-refractivity contribution in [2.45, 2.75) is 25.4 Å². The zero-order valence-electron chi connectivity index (χ0n) is 11.7. The molecule has 0 atom stereocenters. The van der Waals surface area contributed by atoms with Crippen LogP contribution in [0.5, 0.6) is 11.5 Å². The second-order valence-corrected chi connectivity index (χ2v) is 7.20. The molecule has 112 valence electrons. The van der Waals surface area contributed by atoms with Crippen LogP contribution in [0.25, 0.3) is 0 Å². The summed E-state index contributed by atoms with van der Waals surface area (Å²) in [6, 6.07) is 5.79. The van der Waals surface area contributed by atoms with E-state index in [-0.39, 0.29) is 17.6 Å². The van der Waals surface area contributed by atoms with Gasteiger partial charge in [0.15, 0.2) is 21.3 Å². The molecule has 1 heterocycles. The Morgan fingerprint density at radius 3 is 2.60 bits per heavy atom. The van der Waals surface area contributed by atoms with Gasteiger partial charge in [0.1, 0.15) is 6.10 Å². The minimum Gasteiger partial charge on any atom is -0.493 e. The molecular formula is C14H21NO4S. The fraction of sp³-hybridized carbons (Fsp3) is 0.571. The van der Waals surface area contributed by atoms with Crippen LogP contribution in [0.3, 0.4) is 0 Å². The molecule has 0 aliphatic carbocycles. The highest BCUT2D eigenvalue weighted by Crippen LogP contribution is 2.31. The zero-order valence-corrected chi connectivity index (χ0v) is 12.5. The van der Waals surface area contributed by atoms with Gasteiger partial charge in [0.25, 0.3) is 0 Å². The first-order chi connectivity index (χ1) is 9.54. The van der Waals surface area contributed by atoms with E-state index in [4.69, 9.17) is 15.2 Å². The Hall–Kier alpha value is -1.27. The van der Waals surface area contributed by atoms with Crippen LogP contribution < -0.4 is 15.2 Å². The second-order valence-electron chi connectivity index (χ2n) is 5.05. The van der Waals surface area contributed by atoms with Crippen LogP contribution >= 0.6 is 0 Å². The molecule has 1 aliphatic heterocycles. The molecule has 0 amide bonds. The van der Waals surface area contributed by atoms with Crippen molar-refractivity contribution in [3.8, 4) is 11.5 Å². The molecule has 0 saturated carbocycles. The van der Waals surface area contributed by atoms with E-state index < -0.39 is 9.84 Å². The normalized spacial score (nSPS) is 17.5. The van der Waals surface area contributed by atoms with Gasteiger partial charge in [0.05, 0.1) is 18.6 Å². The van der Waals surface area contributed by atoms with E-state index in [9.17, 15) is 8.42 Å². The summed E-state index contributed by atoms with van der Waals surface area (Å²) in [5.41, 5.74) is 6.63. The quantitative estimate of drug-likeness (QED) is 0.764. The number of hydrogen-bond donors (Lipinski definition) is 1. The van der Waals surface area contributed by atoms with Crippen molar-refractivity contribution in [3.63, 3.8) is 0 Å². The molecule has 1 aliphatic rings. The molecule has 5 nitrogen and oxygen atoms in total. The molecule has 1 fully saturated rings. The van der Waals surface area contributed by atoms with Gasteiger partial charge < -0.3 is 15.2 Å². The number of hydrogen-bond acceptors (Lipinski definition) is 5. The van der Waals surface area contributed by atoms with E-state index >= 15 is 0 Å². The van der Waals surface area contributed by atoms with E-state index in [1.807, 2.05) is 18.2 Å². The Balaban J connectivity index is 2.03. The Bertz CT molecular complexity index is 544. The van der Waals surface area contributed by atoms with Crippen LogP contribution in [-0.2, 0) is 16.3 Å². The highest BCUT2D eigenvalue weighted by atomic mass is 32.2. The van der Waals surface area contributed by atoms with E-state index in [2.05, 4.69) is 0 Å². The van der Waals surface area contributed by atoms with Gasteiger partial charge in [0.2, 0.25) is 0 Å². The van der Waals surface area contributed by atoms with Gasteiger partial charge in [-0.05, 0) is 43.5 Å². The van der Waals surface area contributed by atoms with Gasteiger partial charge in [-0.1, -0.05) is 6.07 Å². The first kappa shape index (κ1) is 15.1. The molecule has 6 heteroatoms. The number of benzene rings is 1. The lowest BCUT2D eigenvalue weighted by atomic mass is 10.1. The topological polar surface area (TPSA) is 78.6 Å². The average Bonchev–Trinajstić information content (AvgIpc) is 2.37. The third-order valence-corrected chi connectivity index (χ3v) is 5.08. The SMILES string of the molecule is COc1ccc(CCCCN)cc1OC1CS(=O)(=O)C1. The summed E-state index contributed by atoms with van der Waals surface area (Å²) in [4.78, 5) is 0. The van der Waals surface area contributed by atoms with Crippen molar-refractivity contribution in [1.29, 1.82) is 0 Å². The van der Waals surface area contributed by atoms with Crippen molar-refractivity contribution in [1.82, 2.24) is 0 Å². The molecule has 1 aromatic carbocycles. The zero-order chi connectivity index (χ0) is 14.6. The van der Waals surface area contributed by atoms with Crippen molar-refractivity contribution < 1.29 is 17.9 Å². The van der Waals surface area contributed by atoms with E-state index in [0.717, 1.165) is 24.8 Å². The van der Waals surface area contributed by atoms with Gasteiger partial charge in [0, 0.05) is 0 Å². The Morgan fingerprint density at radius 1 is 1.25 bits per heavy atom. The number of sulfone groups is 1.